The lowest BCUT2D eigenvalue weighted by molar-refractivity contribution is 0.388. The van der Waals surface area contributed by atoms with Gasteiger partial charge in [0.2, 0.25) is 5.95 Å². The molecule has 1 saturated heterocycles. The molecule has 5 nitrogen and oxygen atoms in total. The van der Waals surface area contributed by atoms with E-state index in [1.54, 1.807) is 0 Å². The van der Waals surface area contributed by atoms with Gasteiger partial charge < -0.3 is 10.2 Å². The maximum atomic E-state index is 4.57. The van der Waals surface area contributed by atoms with Gasteiger partial charge >= 0.3 is 0 Å². The van der Waals surface area contributed by atoms with Gasteiger partial charge in [-0.25, -0.2) is 9.97 Å². The van der Waals surface area contributed by atoms with Gasteiger partial charge in [-0.15, -0.1) is 0 Å². The van der Waals surface area contributed by atoms with E-state index in [4.69, 9.17) is 0 Å². The minimum Gasteiger partial charge on any atom is -0.341 e. The zero-order valence-corrected chi connectivity index (χ0v) is 15.2. The lowest BCUT2D eigenvalue weighted by Gasteiger charge is -2.32. The Morgan fingerprint density at radius 1 is 1.15 bits per heavy atom. The number of aromatic nitrogens is 3. The Morgan fingerprint density at radius 2 is 2.04 bits per heavy atom. The number of nitrogens with zero attached hydrogens (tertiary/aromatic N) is 4. The van der Waals surface area contributed by atoms with Crippen LogP contribution in [0.2, 0.25) is 0 Å². The van der Waals surface area contributed by atoms with Crippen molar-refractivity contribution in [3.63, 3.8) is 0 Å². The molecule has 134 valence electrons. The summed E-state index contributed by atoms with van der Waals surface area (Å²) in [5.41, 5.74) is 3.44. The van der Waals surface area contributed by atoms with E-state index in [2.05, 4.69) is 55.5 Å². The van der Waals surface area contributed by atoms with Crippen LogP contribution in [0, 0.1) is 12.8 Å². The van der Waals surface area contributed by atoms with Crippen LogP contribution < -0.4 is 10.2 Å². The SMILES string of the molecule is Cc1ccc2cc(CNCC3CCCN(c4ncccn4)C3)ccc2n1. The zero-order chi connectivity index (χ0) is 17.8. The maximum Gasteiger partial charge on any atom is 0.225 e. The number of aryl methyl sites for hydroxylation is 1. The third kappa shape index (κ3) is 3.99. The van der Waals surface area contributed by atoms with Gasteiger partial charge in [0.25, 0.3) is 0 Å². The van der Waals surface area contributed by atoms with Gasteiger partial charge in [-0.2, -0.15) is 0 Å². The predicted molar refractivity (Wildman–Crippen MR) is 105 cm³/mol. The smallest absolute Gasteiger partial charge is 0.225 e. The van der Waals surface area contributed by atoms with Crippen LogP contribution in [0.5, 0.6) is 0 Å². The summed E-state index contributed by atoms with van der Waals surface area (Å²) < 4.78 is 0. The normalized spacial score (nSPS) is 17.6. The number of hydrogen-bond acceptors (Lipinski definition) is 5. The number of pyridine rings is 1. The van der Waals surface area contributed by atoms with Gasteiger partial charge in [-0.3, -0.25) is 4.98 Å². The monoisotopic (exact) mass is 347 g/mol. The van der Waals surface area contributed by atoms with Crippen LogP contribution in [0.25, 0.3) is 10.9 Å². The van der Waals surface area contributed by atoms with E-state index < -0.39 is 0 Å². The summed E-state index contributed by atoms with van der Waals surface area (Å²) in [5, 5.41) is 4.84. The van der Waals surface area contributed by atoms with E-state index in [0.717, 1.165) is 43.3 Å². The van der Waals surface area contributed by atoms with Crippen LogP contribution >= 0.6 is 0 Å². The number of nitrogens with one attached hydrogen (secondary N) is 1. The first-order valence-corrected chi connectivity index (χ1v) is 9.37. The summed E-state index contributed by atoms with van der Waals surface area (Å²) in [6.07, 6.45) is 6.10. The molecule has 0 aliphatic carbocycles. The Bertz CT molecular complexity index is 865. The molecule has 26 heavy (non-hydrogen) atoms. The second kappa shape index (κ2) is 7.79. The van der Waals surface area contributed by atoms with Crippen LogP contribution in [0.3, 0.4) is 0 Å². The molecule has 1 N–H and O–H groups in total. The van der Waals surface area contributed by atoms with Crippen LogP contribution in [-0.2, 0) is 6.54 Å². The summed E-state index contributed by atoms with van der Waals surface area (Å²) in [5.74, 6) is 1.49. The quantitative estimate of drug-likeness (QED) is 0.767. The third-order valence-electron chi connectivity index (χ3n) is 5.01. The highest BCUT2D eigenvalue weighted by atomic mass is 15.2. The van der Waals surface area contributed by atoms with Crippen molar-refractivity contribution in [3.05, 3.63) is 60.0 Å². The van der Waals surface area contributed by atoms with Crippen LogP contribution in [-0.4, -0.2) is 34.6 Å². The molecule has 1 aliphatic heterocycles. The van der Waals surface area contributed by atoms with Crippen molar-refractivity contribution in [1.29, 1.82) is 0 Å². The van der Waals surface area contributed by atoms with Crippen molar-refractivity contribution in [2.24, 2.45) is 5.92 Å². The average Bonchev–Trinajstić information content (AvgIpc) is 2.69. The molecule has 0 spiro atoms. The molecular weight excluding hydrogens is 322 g/mol. The first kappa shape index (κ1) is 16.9. The van der Waals surface area contributed by atoms with Crippen LogP contribution in [0.4, 0.5) is 5.95 Å². The van der Waals surface area contributed by atoms with Crippen LogP contribution in [0.1, 0.15) is 24.1 Å². The lowest BCUT2D eigenvalue weighted by atomic mass is 9.98. The van der Waals surface area contributed by atoms with Gasteiger partial charge in [0.15, 0.2) is 0 Å². The largest absolute Gasteiger partial charge is 0.341 e. The Kier molecular flexibility index (Phi) is 5.07. The highest BCUT2D eigenvalue weighted by Gasteiger charge is 2.21. The minimum absolute atomic E-state index is 0.636. The fourth-order valence-electron chi connectivity index (χ4n) is 3.68. The molecule has 1 unspecified atom stereocenters. The fourth-order valence-corrected chi connectivity index (χ4v) is 3.68. The Hall–Kier alpha value is -2.53. The first-order chi connectivity index (χ1) is 12.8. The molecule has 1 aliphatic rings. The first-order valence-electron chi connectivity index (χ1n) is 9.37. The maximum absolute atomic E-state index is 4.57. The number of hydrogen-bond donors (Lipinski definition) is 1. The van der Waals surface area contributed by atoms with E-state index in [-0.39, 0.29) is 0 Å². The van der Waals surface area contributed by atoms with Crippen molar-refractivity contribution < 1.29 is 0 Å². The standard InChI is InChI=1S/C21H25N5/c1-16-5-7-19-12-17(6-8-20(19)25-16)13-22-14-18-4-2-11-26(15-18)21-23-9-3-10-24-21/h3,5-10,12,18,22H,2,4,11,13-15H2,1H3. The molecule has 0 radical (unpaired) electrons. The molecule has 4 rings (SSSR count). The summed E-state index contributed by atoms with van der Waals surface area (Å²) in [4.78, 5) is 15.7. The topological polar surface area (TPSA) is 53.9 Å². The molecule has 3 aromatic rings. The highest BCUT2D eigenvalue weighted by molar-refractivity contribution is 5.79. The second-order valence-corrected chi connectivity index (χ2v) is 7.11. The summed E-state index contributed by atoms with van der Waals surface area (Å²) in [6, 6.07) is 12.6. The number of benzene rings is 1. The second-order valence-electron chi connectivity index (χ2n) is 7.11. The Labute approximate surface area is 154 Å². The molecule has 1 atom stereocenters. The fraction of sp³-hybridized carbons (Fsp3) is 0.381. The van der Waals surface area contributed by atoms with Crippen molar-refractivity contribution in [2.45, 2.75) is 26.3 Å². The Balaban J connectivity index is 1.32. The third-order valence-corrected chi connectivity index (χ3v) is 5.01. The highest BCUT2D eigenvalue weighted by Crippen LogP contribution is 2.20. The number of rotatable bonds is 5. The molecule has 0 amide bonds. The molecule has 1 aromatic carbocycles. The Morgan fingerprint density at radius 3 is 2.92 bits per heavy atom. The molecule has 1 fully saturated rings. The van der Waals surface area contributed by atoms with Gasteiger partial charge in [0, 0.05) is 43.1 Å². The molecule has 2 aromatic heterocycles. The summed E-state index contributed by atoms with van der Waals surface area (Å²) in [7, 11) is 0. The van der Waals surface area contributed by atoms with Crippen LogP contribution in [0.15, 0.2) is 48.8 Å². The van der Waals surface area contributed by atoms with Crippen molar-refractivity contribution >= 4 is 16.9 Å². The lowest BCUT2D eigenvalue weighted by Crippen LogP contribution is -2.40. The molecule has 5 heteroatoms. The number of anilines is 1. The van der Waals surface area contributed by atoms with Gasteiger partial charge in [-0.05, 0) is 62.1 Å². The minimum atomic E-state index is 0.636. The van der Waals surface area contributed by atoms with Crippen molar-refractivity contribution in [2.75, 3.05) is 24.5 Å². The summed E-state index contributed by atoms with van der Waals surface area (Å²) in [6.45, 7) is 6.02. The molecular formula is C21H25N5. The predicted octanol–water partition coefficient (Wildman–Crippen LogP) is 3.34. The number of fused-ring (bicyclic) bond motifs is 1. The van der Waals surface area contributed by atoms with Gasteiger partial charge in [0.1, 0.15) is 0 Å². The summed E-state index contributed by atoms with van der Waals surface area (Å²) >= 11 is 0. The van der Waals surface area contributed by atoms with Crippen molar-refractivity contribution in [1.82, 2.24) is 20.3 Å². The van der Waals surface area contributed by atoms with E-state index in [9.17, 15) is 0 Å². The van der Waals surface area contributed by atoms with E-state index in [1.165, 1.54) is 23.8 Å². The van der Waals surface area contributed by atoms with E-state index in [0.29, 0.717) is 5.92 Å². The molecule has 3 heterocycles. The van der Waals surface area contributed by atoms with Gasteiger partial charge in [-0.1, -0.05) is 12.1 Å². The molecule has 0 saturated carbocycles. The zero-order valence-electron chi connectivity index (χ0n) is 15.2. The van der Waals surface area contributed by atoms with Crippen molar-refractivity contribution in [3.8, 4) is 0 Å². The number of piperidine rings is 1. The average molecular weight is 347 g/mol. The van der Waals surface area contributed by atoms with E-state index in [1.807, 2.05) is 25.4 Å². The van der Waals surface area contributed by atoms with Gasteiger partial charge in [0.05, 0.1) is 5.52 Å². The molecule has 0 bridgehead atoms. The van der Waals surface area contributed by atoms with E-state index >= 15 is 0 Å².